The number of hydrogen-bond acceptors (Lipinski definition) is 4. The van der Waals surface area contributed by atoms with Gasteiger partial charge >= 0.3 is 11.9 Å². The number of rotatable bonds is 10. The SMILES string of the molecule is Cc1cc(CN2CCC(C(=O)N3CCC(n4c(=O)n(CCCC(F)(F)F)c5ccccc54)CC3)CC2)ccn1.[B]B([B])B(B([B])[B])B([B])[B]. The molecule has 2 fully saturated rings. The minimum Gasteiger partial charge on any atom is -0.342 e. The molecule has 1 aromatic carbocycles. The normalized spacial score (nSPS) is 16.2. The van der Waals surface area contributed by atoms with Gasteiger partial charge in [-0.25, -0.2) is 4.79 Å². The number of alkyl halides is 3. The molecule has 3 aromatic rings. The first kappa shape index (κ1) is 39.3. The van der Waals surface area contributed by atoms with Crippen LogP contribution >= 0.6 is 0 Å². The molecule has 0 N–H and O–H groups in total. The van der Waals surface area contributed by atoms with Crippen LogP contribution in [0.3, 0.4) is 0 Å². The molecule has 2 aliphatic rings. The Bertz CT molecular complexity index is 1560. The van der Waals surface area contributed by atoms with Gasteiger partial charge in [0, 0.05) is 128 Å². The third-order valence-electron chi connectivity index (χ3n) is 9.49. The van der Waals surface area contributed by atoms with Crippen LogP contribution in [0.25, 0.3) is 11.0 Å². The molecule has 240 valence electrons. The van der Waals surface area contributed by atoms with Crippen LogP contribution in [0, 0.1) is 12.8 Å². The van der Waals surface area contributed by atoms with Crippen LogP contribution in [-0.2, 0) is 17.9 Å². The lowest BCUT2D eigenvalue weighted by atomic mass is 8.58. The van der Waals surface area contributed by atoms with Crippen LogP contribution < -0.4 is 5.69 Å². The summed E-state index contributed by atoms with van der Waals surface area (Å²) < 4.78 is 41.3. The summed E-state index contributed by atoms with van der Waals surface area (Å²) in [5, 5.41) is 0. The highest BCUT2D eigenvalue weighted by molar-refractivity contribution is 8.00. The van der Waals surface area contributed by atoms with E-state index in [1.807, 2.05) is 36.2 Å². The average molecular weight is 652 g/mol. The quantitative estimate of drug-likeness (QED) is 0.309. The number of amides is 1. The van der Waals surface area contributed by atoms with Crippen molar-refractivity contribution in [3.63, 3.8) is 0 Å². The van der Waals surface area contributed by atoms with Crippen molar-refractivity contribution in [2.75, 3.05) is 26.2 Å². The molecule has 1 amide bonds. The molecule has 0 atom stereocenters. The number of fused-ring (bicyclic) bond motifs is 1. The summed E-state index contributed by atoms with van der Waals surface area (Å²) in [7, 11) is 31.8. The van der Waals surface area contributed by atoms with Crippen molar-refractivity contribution in [3.05, 3.63) is 64.3 Å². The van der Waals surface area contributed by atoms with Crippen LogP contribution in [0.1, 0.15) is 55.8 Å². The molecule has 0 bridgehead atoms. The van der Waals surface area contributed by atoms with Crippen molar-refractivity contribution in [3.8, 4) is 0 Å². The third kappa shape index (κ3) is 10.8. The Morgan fingerprint density at radius 2 is 1.49 bits per heavy atom. The molecule has 7 nitrogen and oxygen atoms in total. The first-order valence-electron chi connectivity index (χ1n) is 16.9. The number of benzene rings is 1. The lowest BCUT2D eigenvalue weighted by molar-refractivity contribution is -0.138. The van der Waals surface area contributed by atoms with Crippen LogP contribution in [0.15, 0.2) is 47.4 Å². The van der Waals surface area contributed by atoms with Crippen molar-refractivity contribution in [1.82, 2.24) is 23.9 Å². The smallest absolute Gasteiger partial charge is 0.342 e. The molecular weight excluding hydrogens is 615 g/mol. The summed E-state index contributed by atoms with van der Waals surface area (Å²) in [6, 6.07) is 11.4. The van der Waals surface area contributed by atoms with Gasteiger partial charge in [-0.15, -0.1) is 0 Å². The van der Waals surface area contributed by atoms with Crippen LogP contribution in [0.4, 0.5) is 13.2 Å². The molecule has 2 aromatic heterocycles. The number of nitrogens with zero attached hydrogens (tertiary/aromatic N) is 5. The lowest BCUT2D eigenvalue weighted by Crippen LogP contribution is -2.62. The molecule has 2 saturated heterocycles. The third-order valence-corrected chi connectivity index (χ3v) is 9.49. The minimum atomic E-state index is -4.24. The highest BCUT2D eigenvalue weighted by Crippen LogP contribution is 2.29. The predicted molar refractivity (Wildman–Crippen MR) is 201 cm³/mol. The Balaban J connectivity index is 0.000000471. The zero-order valence-corrected chi connectivity index (χ0v) is 28.1. The summed E-state index contributed by atoms with van der Waals surface area (Å²) >= 11 is 0. The number of para-hydroxylation sites is 2. The lowest BCUT2D eigenvalue weighted by Gasteiger charge is -2.37. The largest absolute Gasteiger partial charge is 0.389 e. The Hall–Kier alpha value is -2.49. The number of piperidine rings is 2. The maximum absolute atomic E-state index is 13.3. The molecule has 12 radical (unpaired) electrons. The summed E-state index contributed by atoms with van der Waals surface area (Å²) in [5.41, 5.74) is 3.40. The molecule has 49 heavy (non-hydrogen) atoms. The van der Waals surface area contributed by atoms with Gasteiger partial charge in [0.15, 0.2) is 0 Å². The highest BCUT2D eigenvalue weighted by Gasteiger charge is 2.33. The Morgan fingerprint density at radius 3 is 2.02 bits per heavy atom. The molecule has 0 aliphatic carbocycles. The van der Waals surface area contributed by atoms with E-state index in [1.165, 1.54) is 10.1 Å². The van der Waals surface area contributed by atoms with Gasteiger partial charge in [-0.1, -0.05) is 12.1 Å². The summed E-state index contributed by atoms with van der Waals surface area (Å²) in [6.07, 6.45) is -2.90. The second kappa shape index (κ2) is 17.6. The Labute approximate surface area is 297 Å². The molecule has 4 heterocycles. The van der Waals surface area contributed by atoms with Crippen molar-refractivity contribution >= 4 is 88.9 Å². The summed E-state index contributed by atoms with van der Waals surface area (Å²) in [6.45, 7) is 5.83. The zero-order valence-electron chi connectivity index (χ0n) is 28.1. The maximum Gasteiger partial charge on any atom is 0.389 e. The van der Waals surface area contributed by atoms with Crippen molar-refractivity contribution in [1.29, 1.82) is 0 Å². The fraction of sp³-hybridized carbons (Fsp3) is 0.552. The molecule has 0 saturated carbocycles. The molecule has 0 unspecified atom stereocenters. The Kier molecular flexibility index (Phi) is 14.1. The number of carbonyl (C=O) groups excluding carboxylic acids is 1. The Morgan fingerprint density at radius 1 is 0.898 bits per heavy atom. The standard InChI is InChI=1S/C29H36F3N5O2.B10/c1-21-19-22(7-13-33-21)20-34-15-8-23(9-16-34)27(38)35-17-10-24(11-18-35)37-26-6-3-2-5-25(26)36(28(37)39)14-4-12-29(30,31)32;1-7(2)10(8(3)4)9(5)6/h2-3,5-7,13,19,23-24H,4,8-12,14-18,20H2,1H3;. The van der Waals surface area contributed by atoms with Crippen LogP contribution in [-0.4, -0.2) is 134 Å². The van der Waals surface area contributed by atoms with Gasteiger partial charge in [-0.05, 0) is 81.9 Å². The molecule has 0 spiro atoms. The predicted octanol–water partition coefficient (Wildman–Crippen LogP) is 1.12. The average Bonchev–Trinajstić information content (AvgIpc) is 3.31. The second-order valence-electron chi connectivity index (χ2n) is 13.2. The van der Waals surface area contributed by atoms with Crippen LogP contribution in [0.5, 0.6) is 0 Å². The van der Waals surface area contributed by atoms with E-state index < -0.39 is 38.1 Å². The number of aryl methyl sites for hydroxylation is 2. The van der Waals surface area contributed by atoms with Gasteiger partial charge < -0.3 is 4.90 Å². The van der Waals surface area contributed by atoms with Crippen molar-refractivity contribution in [2.45, 2.75) is 70.8 Å². The number of hydrogen-bond donors (Lipinski definition) is 0. The van der Waals surface area contributed by atoms with E-state index in [2.05, 4.69) is 16.0 Å². The fourth-order valence-electron chi connectivity index (χ4n) is 6.91. The number of likely N-dealkylation sites (tertiary alicyclic amines) is 2. The van der Waals surface area contributed by atoms with Gasteiger partial charge in [0.2, 0.25) is 5.91 Å². The number of imidazole rings is 1. The number of carbonyl (C=O) groups is 1. The van der Waals surface area contributed by atoms with Crippen molar-refractivity contribution in [2.24, 2.45) is 5.92 Å². The molecule has 5 rings (SSSR count). The van der Waals surface area contributed by atoms with Gasteiger partial charge in [0.1, 0.15) is 0 Å². The first-order chi connectivity index (χ1) is 23.2. The number of aromatic nitrogens is 3. The molecular formula is C29H36B10F3N5O2. The first-order valence-corrected chi connectivity index (χ1v) is 16.9. The monoisotopic (exact) mass is 653 g/mol. The highest BCUT2D eigenvalue weighted by atomic mass is 19.4. The van der Waals surface area contributed by atoms with E-state index in [4.69, 9.17) is 46.4 Å². The van der Waals surface area contributed by atoms with E-state index in [9.17, 15) is 22.8 Å². The second-order valence-corrected chi connectivity index (χ2v) is 13.2. The van der Waals surface area contributed by atoms with E-state index in [-0.39, 0.29) is 36.5 Å². The van der Waals surface area contributed by atoms with E-state index in [1.54, 1.807) is 16.7 Å². The summed E-state index contributed by atoms with van der Waals surface area (Å²) in [4.78, 5) is 35.3. The van der Waals surface area contributed by atoms with Gasteiger partial charge in [-0.3, -0.25) is 23.8 Å². The maximum atomic E-state index is 13.3. The van der Waals surface area contributed by atoms with E-state index in [0.717, 1.165) is 43.7 Å². The van der Waals surface area contributed by atoms with Gasteiger partial charge in [0.25, 0.3) is 0 Å². The number of pyridine rings is 1. The van der Waals surface area contributed by atoms with Crippen molar-refractivity contribution < 1.29 is 18.0 Å². The summed E-state index contributed by atoms with van der Waals surface area (Å²) in [5.74, 6) is 0.227. The van der Waals surface area contributed by atoms with Gasteiger partial charge in [0.05, 0.1) is 11.0 Å². The number of halogens is 3. The van der Waals surface area contributed by atoms with Crippen LogP contribution in [0.2, 0.25) is 0 Å². The molecule has 2 aliphatic heterocycles. The van der Waals surface area contributed by atoms with Gasteiger partial charge in [-0.2, -0.15) is 13.2 Å². The molecule has 20 heteroatoms. The van der Waals surface area contributed by atoms with E-state index >= 15 is 0 Å². The minimum absolute atomic E-state index is 0.0234. The van der Waals surface area contributed by atoms with E-state index in [0.29, 0.717) is 31.4 Å². The fourth-order valence-corrected chi connectivity index (χ4v) is 6.91. The topological polar surface area (TPSA) is 63.4 Å². The zero-order chi connectivity index (χ0) is 35.9.